The molecular formula is C22H26N2O6. The lowest BCUT2D eigenvalue weighted by Gasteiger charge is -2.16. The lowest BCUT2D eigenvalue weighted by Crippen LogP contribution is -2.31. The fourth-order valence-electron chi connectivity index (χ4n) is 3.01. The van der Waals surface area contributed by atoms with Gasteiger partial charge in [0.05, 0.1) is 17.9 Å². The molecule has 8 heteroatoms. The van der Waals surface area contributed by atoms with Crippen molar-refractivity contribution in [2.45, 2.75) is 47.3 Å². The van der Waals surface area contributed by atoms with Gasteiger partial charge in [0.15, 0.2) is 11.9 Å². The van der Waals surface area contributed by atoms with Gasteiger partial charge in [-0.25, -0.2) is 4.79 Å². The summed E-state index contributed by atoms with van der Waals surface area (Å²) in [4.78, 5) is 48.5. The van der Waals surface area contributed by atoms with E-state index in [4.69, 9.17) is 9.47 Å². The number of amides is 1. The Morgan fingerprint density at radius 2 is 1.77 bits per heavy atom. The molecule has 160 valence electrons. The molecule has 1 aromatic heterocycles. The number of hydrogen-bond donors (Lipinski definition) is 1. The lowest BCUT2D eigenvalue weighted by atomic mass is 10.1. The van der Waals surface area contributed by atoms with E-state index in [0.717, 1.165) is 0 Å². The van der Waals surface area contributed by atoms with Crippen LogP contribution >= 0.6 is 0 Å². The van der Waals surface area contributed by atoms with Gasteiger partial charge >= 0.3 is 11.9 Å². The van der Waals surface area contributed by atoms with Gasteiger partial charge in [0, 0.05) is 17.0 Å². The van der Waals surface area contributed by atoms with E-state index >= 15 is 0 Å². The number of aryl methyl sites for hydroxylation is 1. The van der Waals surface area contributed by atoms with Crippen molar-refractivity contribution in [2.24, 2.45) is 0 Å². The first kappa shape index (κ1) is 22.9. The number of anilines is 1. The molecule has 0 spiro atoms. The Morgan fingerprint density at radius 3 is 2.40 bits per heavy atom. The molecule has 0 saturated carbocycles. The zero-order valence-corrected chi connectivity index (χ0v) is 17.8. The van der Waals surface area contributed by atoms with Gasteiger partial charge in [-0.2, -0.15) is 0 Å². The maximum absolute atomic E-state index is 12.4. The number of para-hydroxylation sites is 1. The van der Waals surface area contributed by atoms with Gasteiger partial charge in [-0.3, -0.25) is 14.4 Å². The van der Waals surface area contributed by atoms with E-state index < -0.39 is 23.9 Å². The molecule has 0 bridgehead atoms. The van der Waals surface area contributed by atoms with Crippen molar-refractivity contribution in [1.82, 2.24) is 4.57 Å². The second-order valence-electron chi connectivity index (χ2n) is 6.81. The second kappa shape index (κ2) is 9.87. The van der Waals surface area contributed by atoms with E-state index in [1.54, 1.807) is 55.7 Å². The summed E-state index contributed by atoms with van der Waals surface area (Å²) in [6, 6.07) is 8.25. The Balaban J connectivity index is 2.04. The molecule has 0 saturated heterocycles. The van der Waals surface area contributed by atoms with Crippen molar-refractivity contribution < 1.29 is 28.7 Å². The summed E-state index contributed by atoms with van der Waals surface area (Å²) in [5.41, 5.74) is 2.38. The number of benzene rings is 1. The number of ether oxygens (including phenoxy) is 2. The molecule has 1 heterocycles. The Hall–Kier alpha value is -3.42. The molecule has 0 radical (unpaired) electrons. The average Bonchev–Trinajstić information content (AvgIpc) is 2.96. The van der Waals surface area contributed by atoms with E-state index in [1.165, 1.54) is 13.8 Å². The molecule has 1 amide bonds. The minimum absolute atomic E-state index is 0.154. The van der Waals surface area contributed by atoms with E-state index in [1.807, 2.05) is 0 Å². The van der Waals surface area contributed by atoms with E-state index in [9.17, 15) is 19.2 Å². The molecule has 1 N–H and O–H groups in total. The Kier molecular flexibility index (Phi) is 7.52. The maximum atomic E-state index is 12.4. The average molecular weight is 414 g/mol. The van der Waals surface area contributed by atoms with E-state index in [2.05, 4.69) is 5.32 Å². The maximum Gasteiger partial charge on any atom is 0.339 e. The van der Waals surface area contributed by atoms with Crippen LogP contribution in [-0.4, -0.2) is 40.9 Å². The molecule has 8 nitrogen and oxygen atoms in total. The third-order valence-corrected chi connectivity index (χ3v) is 4.60. The van der Waals surface area contributed by atoms with Crippen LogP contribution in [-0.2, 0) is 25.6 Å². The third kappa shape index (κ3) is 5.34. The third-order valence-electron chi connectivity index (χ3n) is 4.60. The van der Waals surface area contributed by atoms with Crippen LogP contribution in [0.5, 0.6) is 0 Å². The number of Topliss-reactive ketones (excluding diaryl/α,β-unsaturated/α-hetero) is 1. The summed E-state index contributed by atoms with van der Waals surface area (Å²) >= 11 is 0. The van der Waals surface area contributed by atoms with Crippen molar-refractivity contribution in [3.8, 4) is 0 Å². The van der Waals surface area contributed by atoms with Crippen LogP contribution in [0.2, 0.25) is 0 Å². The summed E-state index contributed by atoms with van der Waals surface area (Å²) in [5, 5.41) is 2.61. The molecule has 0 aliphatic carbocycles. The summed E-state index contributed by atoms with van der Waals surface area (Å²) in [7, 11) is 0. The number of esters is 2. The number of nitrogens with one attached hydrogen (secondary N) is 1. The molecule has 0 aliphatic heterocycles. The van der Waals surface area contributed by atoms with Crippen LogP contribution in [0.15, 0.2) is 30.3 Å². The molecule has 1 atom stereocenters. The minimum atomic E-state index is -1.07. The van der Waals surface area contributed by atoms with Gasteiger partial charge in [-0.05, 0) is 52.8 Å². The van der Waals surface area contributed by atoms with Crippen LogP contribution in [0.1, 0.15) is 52.9 Å². The molecule has 1 aromatic carbocycles. The Bertz CT molecular complexity index is 976. The number of nitrogens with zero attached hydrogens (tertiary/aromatic N) is 1. The molecular weight excluding hydrogens is 388 g/mol. The number of carbonyl (C=O) groups is 4. The normalized spacial score (nSPS) is 11.5. The van der Waals surface area contributed by atoms with Gasteiger partial charge in [0.1, 0.15) is 6.54 Å². The van der Waals surface area contributed by atoms with Crippen LogP contribution in [0.3, 0.4) is 0 Å². The Labute approximate surface area is 175 Å². The van der Waals surface area contributed by atoms with Crippen LogP contribution in [0, 0.1) is 13.8 Å². The number of carbonyl (C=O) groups excluding carboxylic acids is 4. The number of hydrogen-bond acceptors (Lipinski definition) is 6. The highest BCUT2D eigenvalue weighted by Gasteiger charge is 2.22. The second-order valence-corrected chi connectivity index (χ2v) is 6.81. The highest BCUT2D eigenvalue weighted by Crippen LogP contribution is 2.18. The molecule has 2 rings (SSSR count). The fourth-order valence-corrected chi connectivity index (χ4v) is 3.01. The molecule has 30 heavy (non-hydrogen) atoms. The molecule has 0 unspecified atom stereocenters. The molecule has 2 aromatic rings. The first-order chi connectivity index (χ1) is 14.1. The van der Waals surface area contributed by atoms with E-state index in [0.29, 0.717) is 28.2 Å². The quantitative estimate of drug-likeness (QED) is 0.526. The summed E-state index contributed by atoms with van der Waals surface area (Å²) in [6.07, 6.45) is -1.07. The Morgan fingerprint density at radius 1 is 1.10 bits per heavy atom. The monoisotopic (exact) mass is 414 g/mol. The highest BCUT2D eigenvalue weighted by molar-refractivity contribution is 6.04. The number of ketones is 1. The van der Waals surface area contributed by atoms with E-state index in [-0.39, 0.29) is 18.9 Å². The van der Waals surface area contributed by atoms with Crippen molar-refractivity contribution in [3.05, 3.63) is 52.8 Å². The van der Waals surface area contributed by atoms with Crippen molar-refractivity contribution in [1.29, 1.82) is 0 Å². The molecule has 0 aliphatic rings. The van der Waals surface area contributed by atoms with Crippen molar-refractivity contribution in [3.63, 3.8) is 0 Å². The first-order valence-electron chi connectivity index (χ1n) is 9.59. The van der Waals surface area contributed by atoms with Crippen LogP contribution in [0.4, 0.5) is 5.69 Å². The zero-order chi connectivity index (χ0) is 22.4. The van der Waals surface area contributed by atoms with Crippen LogP contribution < -0.4 is 5.32 Å². The van der Waals surface area contributed by atoms with Gasteiger partial charge in [0.25, 0.3) is 5.91 Å². The topological polar surface area (TPSA) is 104 Å². The smallest absolute Gasteiger partial charge is 0.339 e. The number of aromatic nitrogens is 1. The number of rotatable bonds is 8. The summed E-state index contributed by atoms with van der Waals surface area (Å²) < 4.78 is 11.9. The predicted octanol–water partition coefficient (Wildman–Crippen LogP) is 3.05. The van der Waals surface area contributed by atoms with Gasteiger partial charge in [0.2, 0.25) is 0 Å². The van der Waals surface area contributed by atoms with Crippen LogP contribution in [0.25, 0.3) is 0 Å². The largest absolute Gasteiger partial charge is 0.462 e. The predicted molar refractivity (Wildman–Crippen MR) is 110 cm³/mol. The van der Waals surface area contributed by atoms with Gasteiger partial charge in [-0.15, -0.1) is 0 Å². The van der Waals surface area contributed by atoms with Crippen molar-refractivity contribution >= 4 is 29.3 Å². The zero-order valence-electron chi connectivity index (χ0n) is 17.8. The summed E-state index contributed by atoms with van der Waals surface area (Å²) in [6.45, 7) is 8.14. The van der Waals surface area contributed by atoms with Crippen molar-refractivity contribution in [2.75, 3.05) is 11.9 Å². The fraction of sp³-hybridized carbons (Fsp3) is 0.364. The molecule has 0 fully saturated rings. The lowest BCUT2D eigenvalue weighted by molar-refractivity contribution is -0.153. The standard InChI is InChI=1S/C22H26N2O6/c1-6-29-22(28)18-11-13(2)24(14(18)3)12-20(26)30-16(5)21(27)23-19-10-8-7-9-17(19)15(4)25/h7-11,16H,6,12H2,1-5H3,(H,23,27)/t16-/m0/s1. The first-order valence-corrected chi connectivity index (χ1v) is 9.59. The summed E-state index contributed by atoms with van der Waals surface area (Å²) in [5.74, 6) is -1.83. The highest BCUT2D eigenvalue weighted by atomic mass is 16.5. The van der Waals surface area contributed by atoms with Gasteiger partial charge < -0.3 is 19.4 Å². The minimum Gasteiger partial charge on any atom is -0.462 e. The van der Waals surface area contributed by atoms with Gasteiger partial charge in [-0.1, -0.05) is 12.1 Å². The SMILES string of the molecule is CCOC(=O)c1cc(C)n(CC(=O)O[C@@H](C)C(=O)Nc2ccccc2C(C)=O)c1C.